The van der Waals surface area contributed by atoms with Crippen LogP contribution in [0.3, 0.4) is 0 Å². The van der Waals surface area contributed by atoms with Gasteiger partial charge in [-0.3, -0.25) is 19.2 Å². The molecule has 11 nitrogen and oxygen atoms in total. The number of amides is 2. The topological polar surface area (TPSA) is 157 Å². The summed E-state index contributed by atoms with van der Waals surface area (Å²) in [7, 11) is 1.18. The molecule has 2 atom stereocenters. The molecule has 0 aliphatic heterocycles. The molecule has 0 aliphatic carbocycles. The van der Waals surface area contributed by atoms with Crippen LogP contribution in [0, 0.1) is 11.7 Å². The van der Waals surface area contributed by atoms with Gasteiger partial charge in [-0.25, -0.2) is 9.18 Å². The van der Waals surface area contributed by atoms with Gasteiger partial charge in [0.15, 0.2) is 5.78 Å². The predicted molar refractivity (Wildman–Crippen MR) is 167 cm³/mol. The van der Waals surface area contributed by atoms with Crippen LogP contribution in [0.4, 0.5) is 4.39 Å². The lowest BCUT2D eigenvalue weighted by Gasteiger charge is -2.25. The van der Waals surface area contributed by atoms with E-state index in [0.717, 1.165) is 11.8 Å². The van der Waals surface area contributed by atoms with Gasteiger partial charge < -0.3 is 30.0 Å². The van der Waals surface area contributed by atoms with E-state index in [9.17, 15) is 33.5 Å². The summed E-state index contributed by atoms with van der Waals surface area (Å²) in [4.78, 5) is 62.5. The molecule has 2 aromatic carbocycles. The van der Waals surface area contributed by atoms with Crippen LogP contribution in [0.25, 0.3) is 0 Å². The molecule has 0 aliphatic rings. The maximum absolute atomic E-state index is 14.1. The zero-order chi connectivity index (χ0) is 33.7. The molecule has 2 aromatic rings. The van der Waals surface area contributed by atoms with Crippen LogP contribution in [-0.4, -0.2) is 66.2 Å². The fourth-order valence-electron chi connectivity index (χ4n) is 3.99. The molecule has 0 fully saturated rings. The van der Waals surface area contributed by atoms with Crippen molar-refractivity contribution in [3.63, 3.8) is 0 Å². The number of esters is 1. The minimum Gasteiger partial charge on any atom is -0.494 e. The SMILES string of the molecule is C=C(Oc1ccc(OCC)c(CC(=O)N[C@H](C(=O)N[C@@H](CC(=O)O)C(=O)CSCc2c(F)cccc2Cl)C(C)C)c1)C(=O)OC. The Hall–Kier alpha value is -4.10. The summed E-state index contributed by atoms with van der Waals surface area (Å²) in [5.74, 6) is -4.87. The summed E-state index contributed by atoms with van der Waals surface area (Å²) in [5, 5.41) is 14.7. The minimum atomic E-state index is -1.39. The van der Waals surface area contributed by atoms with Crippen molar-refractivity contribution in [3.8, 4) is 11.5 Å². The number of rotatable bonds is 18. The molecule has 3 N–H and O–H groups in total. The molecule has 0 bridgehead atoms. The number of carboxylic acids is 1. The van der Waals surface area contributed by atoms with E-state index in [1.165, 1.54) is 37.4 Å². The number of carbonyl (C=O) groups excluding carboxylic acids is 4. The number of nitrogens with one attached hydrogen (secondary N) is 2. The average Bonchev–Trinajstić information content (AvgIpc) is 2.97. The van der Waals surface area contributed by atoms with Gasteiger partial charge >= 0.3 is 11.9 Å². The first-order valence-corrected chi connectivity index (χ1v) is 15.4. The van der Waals surface area contributed by atoms with Crippen LogP contribution < -0.4 is 20.1 Å². The summed E-state index contributed by atoms with van der Waals surface area (Å²) in [6.45, 7) is 8.90. The Balaban J connectivity index is 2.13. The largest absolute Gasteiger partial charge is 0.494 e. The Morgan fingerprint density at radius 2 is 1.82 bits per heavy atom. The van der Waals surface area contributed by atoms with E-state index < -0.39 is 59.8 Å². The van der Waals surface area contributed by atoms with Crippen LogP contribution in [0.1, 0.15) is 38.3 Å². The lowest BCUT2D eigenvalue weighted by Crippen LogP contribution is -2.54. The van der Waals surface area contributed by atoms with Crippen LogP contribution in [0.2, 0.25) is 5.02 Å². The standard InChI is InChI=1S/C31H36ClFN2O9S/c1-6-43-26-11-10-20(44-18(4)31(41)42-5)12-19(26)13-27(37)35-29(17(2)3)30(40)34-24(14-28(38)39)25(36)16-45-15-21-22(32)8-7-9-23(21)33/h7-12,17,24,29H,4,6,13-16H2,1-3,5H3,(H,34,40)(H,35,37)(H,38,39)/t24-,29-/m0/s1. The number of ketones is 1. The maximum Gasteiger partial charge on any atom is 0.373 e. The number of halogens is 2. The van der Waals surface area contributed by atoms with Crippen LogP contribution in [0.5, 0.6) is 11.5 Å². The van der Waals surface area contributed by atoms with Crippen molar-refractivity contribution in [2.45, 2.75) is 51.4 Å². The normalized spacial score (nSPS) is 12.1. The van der Waals surface area contributed by atoms with Crippen molar-refractivity contribution in [2.75, 3.05) is 19.5 Å². The second kappa shape index (κ2) is 18.0. The minimum absolute atomic E-state index is 0.0580. The first-order valence-electron chi connectivity index (χ1n) is 13.8. The molecule has 0 saturated heterocycles. The molecule has 2 rings (SSSR count). The molecule has 14 heteroatoms. The molecule has 0 aromatic heterocycles. The van der Waals surface area contributed by atoms with E-state index in [1.807, 2.05) is 0 Å². The quantitative estimate of drug-likeness (QED) is 0.120. The van der Waals surface area contributed by atoms with Crippen LogP contribution in [-0.2, 0) is 40.9 Å². The summed E-state index contributed by atoms with van der Waals surface area (Å²) in [6.07, 6.45) is -0.938. The molecule has 0 unspecified atom stereocenters. The molecule has 0 radical (unpaired) electrons. The van der Waals surface area contributed by atoms with Crippen molar-refractivity contribution < 1.29 is 47.7 Å². The number of methoxy groups -OCH3 is 1. The van der Waals surface area contributed by atoms with Gasteiger partial charge in [0.1, 0.15) is 23.4 Å². The van der Waals surface area contributed by atoms with E-state index in [-0.39, 0.29) is 40.0 Å². The Morgan fingerprint density at radius 3 is 2.42 bits per heavy atom. The summed E-state index contributed by atoms with van der Waals surface area (Å²) < 4.78 is 29.7. The summed E-state index contributed by atoms with van der Waals surface area (Å²) >= 11 is 7.05. The number of thioether (sulfide) groups is 1. The van der Waals surface area contributed by atoms with E-state index in [4.69, 9.17) is 21.1 Å². The Labute approximate surface area is 269 Å². The Morgan fingerprint density at radius 1 is 1.11 bits per heavy atom. The van der Waals surface area contributed by atoms with Gasteiger partial charge in [0.25, 0.3) is 0 Å². The Kier molecular flexibility index (Phi) is 14.8. The van der Waals surface area contributed by atoms with Gasteiger partial charge in [-0.15, -0.1) is 11.8 Å². The average molecular weight is 667 g/mol. The third-order valence-corrected chi connectivity index (χ3v) is 7.57. The maximum atomic E-state index is 14.1. The van der Waals surface area contributed by atoms with E-state index >= 15 is 0 Å². The highest BCUT2D eigenvalue weighted by molar-refractivity contribution is 7.99. The molecule has 0 heterocycles. The molecule has 0 spiro atoms. The second-order valence-corrected chi connectivity index (χ2v) is 11.4. The van der Waals surface area contributed by atoms with E-state index in [1.54, 1.807) is 26.8 Å². The zero-order valence-electron chi connectivity index (χ0n) is 25.3. The first kappa shape index (κ1) is 37.1. The number of ether oxygens (including phenoxy) is 3. The highest BCUT2D eigenvalue weighted by Crippen LogP contribution is 2.27. The number of hydrogen-bond acceptors (Lipinski definition) is 9. The number of carbonyl (C=O) groups is 5. The van der Waals surface area contributed by atoms with Gasteiger partial charge in [0, 0.05) is 21.9 Å². The summed E-state index contributed by atoms with van der Waals surface area (Å²) in [5.41, 5.74) is 0.592. The van der Waals surface area contributed by atoms with Crippen molar-refractivity contribution in [2.24, 2.45) is 5.92 Å². The number of benzene rings is 2. The predicted octanol–water partition coefficient (Wildman–Crippen LogP) is 4.09. The van der Waals surface area contributed by atoms with Crippen molar-refractivity contribution >= 4 is 52.9 Å². The Bertz CT molecular complexity index is 1400. The fraction of sp³-hybridized carbons (Fsp3) is 0.387. The van der Waals surface area contributed by atoms with Gasteiger partial charge in [-0.2, -0.15) is 0 Å². The highest BCUT2D eigenvalue weighted by Gasteiger charge is 2.30. The lowest BCUT2D eigenvalue weighted by atomic mass is 10.0. The summed E-state index contributed by atoms with van der Waals surface area (Å²) in [6, 6.07) is 6.25. The van der Waals surface area contributed by atoms with Gasteiger partial charge in [-0.1, -0.05) is 31.5 Å². The number of aliphatic carboxylic acids is 1. The van der Waals surface area contributed by atoms with Crippen molar-refractivity contribution in [1.29, 1.82) is 0 Å². The number of Topliss-reactive ketones (excluding diaryl/α,β-unsaturated/α-hetero) is 1. The number of carboxylic acid groups (broad SMARTS) is 1. The van der Waals surface area contributed by atoms with Gasteiger partial charge in [0.2, 0.25) is 17.6 Å². The van der Waals surface area contributed by atoms with Crippen molar-refractivity contribution in [1.82, 2.24) is 10.6 Å². The molecule has 2 amide bonds. The molecular weight excluding hydrogens is 631 g/mol. The molecular formula is C31H36ClFN2O9S. The van der Waals surface area contributed by atoms with Crippen LogP contribution >= 0.6 is 23.4 Å². The van der Waals surface area contributed by atoms with Gasteiger partial charge in [0.05, 0.1) is 38.4 Å². The first-order chi connectivity index (χ1) is 21.3. The van der Waals surface area contributed by atoms with E-state index in [0.29, 0.717) is 17.9 Å². The van der Waals surface area contributed by atoms with Crippen LogP contribution in [0.15, 0.2) is 48.7 Å². The fourth-order valence-corrected chi connectivity index (χ4v) is 5.30. The molecule has 0 saturated carbocycles. The second-order valence-electron chi connectivity index (χ2n) is 10.0. The smallest absolute Gasteiger partial charge is 0.373 e. The molecule has 244 valence electrons. The molecule has 45 heavy (non-hydrogen) atoms. The van der Waals surface area contributed by atoms with Crippen molar-refractivity contribution in [3.05, 3.63) is 70.7 Å². The van der Waals surface area contributed by atoms with Gasteiger partial charge in [-0.05, 0) is 49.8 Å². The third-order valence-electron chi connectivity index (χ3n) is 6.24. The monoisotopic (exact) mass is 666 g/mol. The third kappa shape index (κ3) is 11.7. The lowest BCUT2D eigenvalue weighted by molar-refractivity contribution is -0.140. The number of hydrogen-bond donors (Lipinski definition) is 3. The van der Waals surface area contributed by atoms with E-state index in [2.05, 4.69) is 21.9 Å². The zero-order valence-corrected chi connectivity index (χ0v) is 26.9. The highest BCUT2D eigenvalue weighted by atomic mass is 35.5.